The summed E-state index contributed by atoms with van der Waals surface area (Å²) >= 11 is 13.0. The topological polar surface area (TPSA) is 9.23 Å². The molecule has 0 N–H and O–H groups in total. The average Bonchev–Trinajstić information content (AvgIpc) is 2.41. The molecule has 0 heterocycles. The van der Waals surface area contributed by atoms with Crippen molar-refractivity contribution in [3.05, 3.63) is 57.0 Å². The first-order valence-corrected chi connectivity index (χ1v) is 8.24. The molecule has 2 aromatic carbocycles. The molecule has 4 heteroatoms. The number of benzene rings is 2. The van der Waals surface area contributed by atoms with Crippen molar-refractivity contribution in [2.24, 2.45) is 0 Å². The third-order valence-electron chi connectivity index (χ3n) is 2.80. The third-order valence-corrected chi connectivity index (χ3v) is 4.27. The molecule has 2 rings (SSSR count). The van der Waals surface area contributed by atoms with Gasteiger partial charge in [-0.05, 0) is 42.3 Å². The highest BCUT2D eigenvalue weighted by Gasteiger charge is 2.07. The van der Waals surface area contributed by atoms with Crippen molar-refractivity contribution in [1.29, 1.82) is 0 Å². The van der Waals surface area contributed by atoms with Crippen LogP contribution < -0.4 is 4.74 Å². The van der Waals surface area contributed by atoms with E-state index in [4.69, 9.17) is 16.3 Å². The van der Waals surface area contributed by atoms with E-state index in [2.05, 4.69) is 38.8 Å². The van der Waals surface area contributed by atoms with Crippen LogP contribution in [0.1, 0.15) is 18.1 Å². The van der Waals surface area contributed by atoms with Gasteiger partial charge in [0.25, 0.3) is 0 Å². The van der Waals surface area contributed by atoms with Crippen LogP contribution >= 0.6 is 43.5 Å². The number of alkyl halides is 1. The highest BCUT2D eigenvalue weighted by Crippen LogP contribution is 2.31. The van der Waals surface area contributed by atoms with Crippen molar-refractivity contribution < 1.29 is 4.74 Å². The Morgan fingerprint density at radius 1 is 1.11 bits per heavy atom. The molecule has 100 valence electrons. The summed E-state index contributed by atoms with van der Waals surface area (Å²) in [6, 6.07) is 11.8. The molecule has 0 spiro atoms. The summed E-state index contributed by atoms with van der Waals surface area (Å²) in [5.41, 5.74) is 2.20. The van der Waals surface area contributed by atoms with Crippen molar-refractivity contribution in [3.63, 3.8) is 0 Å². The lowest BCUT2D eigenvalue weighted by Crippen LogP contribution is -1.91. The number of hydrogen-bond donors (Lipinski definition) is 0. The van der Waals surface area contributed by atoms with Crippen LogP contribution in [0.5, 0.6) is 11.5 Å². The molecule has 0 bridgehead atoms. The van der Waals surface area contributed by atoms with Crippen molar-refractivity contribution >= 4 is 43.5 Å². The second-order valence-corrected chi connectivity index (χ2v) is 5.98. The van der Waals surface area contributed by atoms with Crippen LogP contribution in [0.25, 0.3) is 0 Å². The molecule has 0 aliphatic carbocycles. The minimum absolute atomic E-state index is 0.754. The fourth-order valence-corrected chi connectivity index (χ4v) is 2.80. The molecular weight excluding hydrogens is 391 g/mol. The van der Waals surface area contributed by atoms with Gasteiger partial charge in [0.05, 0.1) is 0 Å². The van der Waals surface area contributed by atoms with Crippen molar-refractivity contribution in [2.45, 2.75) is 18.7 Å². The third kappa shape index (κ3) is 3.74. The van der Waals surface area contributed by atoms with Gasteiger partial charge in [0.15, 0.2) is 0 Å². The SMILES string of the molecule is CCc1cc(Oc2cc(Br)ccc2CBr)ccc1Cl. The quantitative estimate of drug-likeness (QED) is 0.539. The lowest BCUT2D eigenvalue weighted by molar-refractivity contribution is 0.477. The van der Waals surface area contributed by atoms with E-state index in [1.165, 1.54) is 0 Å². The molecule has 0 aliphatic heterocycles. The van der Waals surface area contributed by atoms with Gasteiger partial charge in [-0.25, -0.2) is 0 Å². The van der Waals surface area contributed by atoms with E-state index < -0.39 is 0 Å². The Hall–Kier alpha value is -0.510. The molecule has 0 unspecified atom stereocenters. The van der Waals surface area contributed by atoms with Crippen molar-refractivity contribution in [3.8, 4) is 11.5 Å². The molecule has 0 saturated carbocycles. The molecule has 0 saturated heterocycles. The fraction of sp³-hybridized carbons (Fsp3) is 0.200. The average molecular weight is 405 g/mol. The molecule has 0 aliphatic rings. The van der Waals surface area contributed by atoms with E-state index in [1.54, 1.807) is 0 Å². The summed E-state index contributed by atoms with van der Waals surface area (Å²) in [4.78, 5) is 0. The van der Waals surface area contributed by atoms with Gasteiger partial charge in [-0.1, -0.05) is 56.5 Å². The normalized spacial score (nSPS) is 10.5. The van der Waals surface area contributed by atoms with E-state index in [0.29, 0.717) is 0 Å². The molecule has 1 nitrogen and oxygen atoms in total. The van der Waals surface area contributed by atoms with E-state index in [0.717, 1.165) is 43.9 Å². The first-order valence-electron chi connectivity index (χ1n) is 5.94. The zero-order valence-corrected chi connectivity index (χ0v) is 14.3. The lowest BCUT2D eigenvalue weighted by Gasteiger charge is -2.11. The molecule has 0 atom stereocenters. The monoisotopic (exact) mass is 402 g/mol. The number of rotatable bonds is 4. The Kier molecular flexibility index (Phi) is 5.31. The Bertz CT molecular complexity index is 584. The summed E-state index contributed by atoms with van der Waals surface area (Å²) in [6.07, 6.45) is 0.889. The van der Waals surface area contributed by atoms with Gasteiger partial charge in [0.2, 0.25) is 0 Å². The predicted molar refractivity (Wildman–Crippen MR) is 87.7 cm³/mol. The van der Waals surface area contributed by atoms with Gasteiger partial charge in [-0.3, -0.25) is 0 Å². The van der Waals surface area contributed by atoms with Crippen molar-refractivity contribution in [2.75, 3.05) is 0 Å². The summed E-state index contributed by atoms with van der Waals surface area (Å²) < 4.78 is 6.96. The Balaban J connectivity index is 2.33. The van der Waals surface area contributed by atoms with Gasteiger partial charge >= 0.3 is 0 Å². The highest BCUT2D eigenvalue weighted by atomic mass is 79.9. The van der Waals surface area contributed by atoms with E-state index in [-0.39, 0.29) is 0 Å². The second-order valence-electron chi connectivity index (χ2n) is 4.09. The lowest BCUT2D eigenvalue weighted by atomic mass is 10.1. The van der Waals surface area contributed by atoms with E-state index in [9.17, 15) is 0 Å². The first kappa shape index (κ1) is 14.9. The van der Waals surface area contributed by atoms with E-state index in [1.807, 2.05) is 36.4 Å². The fourth-order valence-electron chi connectivity index (χ4n) is 1.75. The number of halogens is 3. The summed E-state index contributed by atoms with van der Waals surface area (Å²) in [6.45, 7) is 2.08. The Morgan fingerprint density at radius 3 is 2.58 bits per heavy atom. The molecule has 0 aromatic heterocycles. The van der Waals surface area contributed by atoms with Crippen LogP contribution in [-0.2, 0) is 11.8 Å². The standard InChI is InChI=1S/C15H13Br2ClO/c1-2-10-7-13(5-6-14(10)18)19-15-8-12(17)4-3-11(15)9-16/h3-8H,2,9H2,1H3. The smallest absolute Gasteiger partial charge is 0.132 e. The maximum atomic E-state index is 6.11. The molecular formula is C15H13Br2ClO. The number of ether oxygens (including phenoxy) is 1. The van der Waals surface area contributed by atoms with Gasteiger partial charge in [0, 0.05) is 20.4 Å². The zero-order valence-electron chi connectivity index (χ0n) is 10.4. The molecule has 0 fully saturated rings. The van der Waals surface area contributed by atoms with Crippen LogP contribution in [0.15, 0.2) is 40.9 Å². The number of hydrogen-bond acceptors (Lipinski definition) is 1. The molecule has 0 amide bonds. The minimum atomic E-state index is 0.754. The maximum absolute atomic E-state index is 6.11. The maximum Gasteiger partial charge on any atom is 0.132 e. The Morgan fingerprint density at radius 2 is 1.89 bits per heavy atom. The van der Waals surface area contributed by atoms with Gasteiger partial charge in [-0.2, -0.15) is 0 Å². The second kappa shape index (κ2) is 6.78. The highest BCUT2D eigenvalue weighted by molar-refractivity contribution is 9.10. The summed E-state index contributed by atoms with van der Waals surface area (Å²) in [5, 5.41) is 1.54. The van der Waals surface area contributed by atoms with Gasteiger partial charge in [-0.15, -0.1) is 0 Å². The van der Waals surface area contributed by atoms with Crippen LogP contribution in [0, 0.1) is 0 Å². The largest absolute Gasteiger partial charge is 0.457 e. The predicted octanol–water partition coefficient (Wildman–Crippen LogP) is 6.35. The van der Waals surface area contributed by atoms with Crippen LogP contribution in [0.2, 0.25) is 5.02 Å². The van der Waals surface area contributed by atoms with Crippen LogP contribution in [0.4, 0.5) is 0 Å². The molecule has 0 radical (unpaired) electrons. The van der Waals surface area contributed by atoms with E-state index >= 15 is 0 Å². The van der Waals surface area contributed by atoms with Crippen LogP contribution in [0.3, 0.4) is 0 Å². The van der Waals surface area contributed by atoms with Crippen molar-refractivity contribution in [1.82, 2.24) is 0 Å². The summed E-state index contributed by atoms with van der Waals surface area (Å²) in [5.74, 6) is 1.65. The minimum Gasteiger partial charge on any atom is -0.457 e. The molecule has 2 aromatic rings. The van der Waals surface area contributed by atoms with Gasteiger partial charge < -0.3 is 4.74 Å². The summed E-state index contributed by atoms with van der Waals surface area (Å²) in [7, 11) is 0. The first-order chi connectivity index (χ1) is 9.13. The molecule has 19 heavy (non-hydrogen) atoms. The zero-order chi connectivity index (χ0) is 13.8. The van der Waals surface area contributed by atoms with Crippen LogP contribution in [-0.4, -0.2) is 0 Å². The Labute approximate surface area is 135 Å². The van der Waals surface area contributed by atoms with Gasteiger partial charge in [0.1, 0.15) is 11.5 Å². The number of aryl methyl sites for hydroxylation is 1.